The number of carbonyl (C=O) groups is 2. The number of hydrogen-bond acceptors (Lipinski definition) is 3. The molecule has 1 saturated carbocycles. The Kier molecular flexibility index (Phi) is 3.83. The van der Waals surface area contributed by atoms with Gasteiger partial charge in [-0.15, -0.1) is 0 Å². The second-order valence-corrected chi connectivity index (χ2v) is 5.28. The van der Waals surface area contributed by atoms with Gasteiger partial charge in [-0.05, 0) is 30.9 Å². The molecular formula is C14H18N2O3. The summed E-state index contributed by atoms with van der Waals surface area (Å²) in [5, 5.41) is 11.6. The van der Waals surface area contributed by atoms with Gasteiger partial charge in [0.1, 0.15) is 6.04 Å². The largest absolute Gasteiger partial charge is 0.480 e. The summed E-state index contributed by atoms with van der Waals surface area (Å²) >= 11 is 0. The third kappa shape index (κ3) is 3.30. The van der Waals surface area contributed by atoms with E-state index in [1.54, 1.807) is 32.2 Å². The van der Waals surface area contributed by atoms with Crippen molar-refractivity contribution in [2.24, 2.45) is 5.92 Å². The van der Waals surface area contributed by atoms with Crippen LogP contribution in [0.4, 0.5) is 0 Å². The van der Waals surface area contributed by atoms with Crippen LogP contribution in [0.2, 0.25) is 0 Å². The number of aromatic nitrogens is 1. The van der Waals surface area contributed by atoms with E-state index in [1.807, 2.05) is 0 Å². The normalized spacial score (nSPS) is 16.2. The predicted molar refractivity (Wildman–Crippen MR) is 69.9 cm³/mol. The maximum atomic E-state index is 12.1. The van der Waals surface area contributed by atoms with Crippen LogP contribution in [0, 0.1) is 5.92 Å². The lowest BCUT2D eigenvalue weighted by atomic mass is 10.0. The van der Waals surface area contributed by atoms with Crippen LogP contribution in [-0.2, 0) is 4.79 Å². The van der Waals surface area contributed by atoms with Gasteiger partial charge < -0.3 is 10.4 Å². The Hall–Kier alpha value is -1.91. The number of carboxylic acid groups (broad SMARTS) is 1. The molecule has 1 heterocycles. The minimum Gasteiger partial charge on any atom is -0.480 e. The van der Waals surface area contributed by atoms with Crippen molar-refractivity contribution in [3.63, 3.8) is 0 Å². The van der Waals surface area contributed by atoms with Crippen LogP contribution in [0.25, 0.3) is 0 Å². The number of pyridine rings is 1. The predicted octanol–water partition coefficient (Wildman–Crippen LogP) is 1.80. The smallest absolute Gasteiger partial charge is 0.326 e. The lowest BCUT2D eigenvalue weighted by Gasteiger charge is -2.18. The van der Waals surface area contributed by atoms with Crippen molar-refractivity contribution in [2.45, 2.75) is 38.6 Å². The van der Waals surface area contributed by atoms with Crippen LogP contribution in [0.1, 0.15) is 48.7 Å². The first-order valence-corrected chi connectivity index (χ1v) is 6.48. The Balaban J connectivity index is 2.10. The first-order chi connectivity index (χ1) is 8.99. The van der Waals surface area contributed by atoms with E-state index >= 15 is 0 Å². The Morgan fingerprint density at radius 1 is 1.42 bits per heavy atom. The summed E-state index contributed by atoms with van der Waals surface area (Å²) in [6.45, 7) is 3.53. The quantitative estimate of drug-likeness (QED) is 0.848. The Morgan fingerprint density at radius 2 is 2.11 bits per heavy atom. The maximum Gasteiger partial charge on any atom is 0.326 e. The Bertz CT molecular complexity index is 495. The minimum atomic E-state index is -1.01. The van der Waals surface area contributed by atoms with E-state index in [0.29, 0.717) is 11.5 Å². The van der Waals surface area contributed by atoms with Crippen LogP contribution in [0.15, 0.2) is 18.3 Å². The van der Waals surface area contributed by atoms with Gasteiger partial charge in [-0.25, -0.2) is 4.79 Å². The molecule has 1 aromatic rings. The molecule has 0 bridgehead atoms. The van der Waals surface area contributed by atoms with E-state index in [2.05, 4.69) is 10.3 Å². The average Bonchev–Trinajstić information content (AvgIpc) is 3.19. The zero-order valence-electron chi connectivity index (χ0n) is 11.1. The summed E-state index contributed by atoms with van der Waals surface area (Å²) in [6, 6.07) is 2.50. The minimum absolute atomic E-state index is 0.161. The Morgan fingerprint density at radius 3 is 2.63 bits per heavy atom. The highest BCUT2D eigenvalue weighted by molar-refractivity contribution is 5.96. The standard InChI is InChI=1S/C14H18N2O3/c1-8(2)12(14(18)19)16-13(17)10-5-6-15-11(7-10)9-3-4-9/h5-9,12H,3-4H2,1-2H3,(H,16,17)(H,18,19)/t12-/m1/s1. The fraction of sp³-hybridized carbons (Fsp3) is 0.500. The molecule has 0 saturated heterocycles. The number of nitrogens with one attached hydrogen (secondary N) is 1. The molecule has 1 aliphatic carbocycles. The molecular weight excluding hydrogens is 244 g/mol. The number of nitrogens with zero attached hydrogens (tertiary/aromatic N) is 1. The van der Waals surface area contributed by atoms with Gasteiger partial charge in [0.15, 0.2) is 0 Å². The molecule has 0 aliphatic heterocycles. The second-order valence-electron chi connectivity index (χ2n) is 5.28. The Labute approximate surface area is 112 Å². The number of carboxylic acids is 1. The van der Waals surface area contributed by atoms with E-state index < -0.39 is 12.0 Å². The van der Waals surface area contributed by atoms with Crippen LogP contribution in [0.3, 0.4) is 0 Å². The molecule has 5 heteroatoms. The third-order valence-electron chi connectivity index (χ3n) is 3.26. The molecule has 0 spiro atoms. The molecule has 2 rings (SSSR count). The van der Waals surface area contributed by atoms with Crippen molar-refractivity contribution < 1.29 is 14.7 Å². The molecule has 0 radical (unpaired) electrons. The van der Waals surface area contributed by atoms with E-state index in [4.69, 9.17) is 5.11 Å². The molecule has 1 aliphatic rings. The molecule has 0 unspecified atom stereocenters. The van der Waals surface area contributed by atoms with E-state index in [9.17, 15) is 9.59 Å². The molecule has 2 N–H and O–H groups in total. The van der Waals surface area contributed by atoms with Crippen molar-refractivity contribution >= 4 is 11.9 Å². The number of aliphatic carboxylic acids is 1. The molecule has 19 heavy (non-hydrogen) atoms. The molecule has 1 aromatic heterocycles. The first-order valence-electron chi connectivity index (χ1n) is 6.48. The SMILES string of the molecule is CC(C)[C@@H](NC(=O)c1ccnc(C2CC2)c1)C(=O)O. The number of hydrogen-bond donors (Lipinski definition) is 2. The summed E-state index contributed by atoms with van der Waals surface area (Å²) in [6.07, 6.45) is 3.83. The highest BCUT2D eigenvalue weighted by atomic mass is 16.4. The number of amides is 1. The van der Waals surface area contributed by atoms with E-state index in [-0.39, 0.29) is 11.8 Å². The fourth-order valence-electron chi connectivity index (χ4n) is 1.93. The molecule has 1 fully saturated rings. The number of rotatable bonds is 5. The van der Waals surface area contributed by atoms with Gasteiger partial charge in [0.05, 0.1) is 0 Å². The lowest BCUT2D eigenvalue weighted by molar-refractivity contribution is -0.140. The van der Waals surface area contributed by atoms with Crippen molar-refractivity contribution in [3.05, 3.63) is 29.6 Å². The van der Waals surface area contributed by atoms with Crippen LogP contribution >= 0.6 is 0 Å². The molecule has 5 nitrogen and oxygen atoms in total. The topological polar surface area (TPSA) is 79.3 Å². The molecule has 102 valence electrons. The third-order valence-corrected chi connectivity index (χ3v) is 3.26. The summed E-state index contributed by atoms with van der Waals surface area (Å²) in [7, 11) is 0. The number of carbonyl (C=O) groups excluding carboxylic acids is 1. The highest BCUT2D eigenvalue weighted by Gasteiger charge is 2.27. The fourth-order valence-corrected chi connectivity index (χ4v) is 1.93. The zero-order valence-corrected chi connectivity index (χ0v) is 11.1. The van der Waals surface area contributed by atoms with Gasteiger partial charge in [0.2, 0.25) is 0 Å². The van der Waals surface area contributed by atoms with Gasteiger partial charge in [-0.2, -0.15) is 0 Å². The van der Waals surface area contributed by atoms with Crippen molar-refractivity contribution in [1.82, 2.24) is 10.3 Å². The monoisotopic (exact) mass is 262 g/mol. The second kappa shape index (κ2) is 5.38. The summed E-state index contributed by atoms with van der Waals surface area (Å²) in [5.41, 5.74) is 1.40. The molecule has 1 amide bonds. The van der Waals surface area contributed by atoms with E-state index in [1.165, 1.54) is 0 Å². The maximum absolute atomic E-state index is 12.1. The summed E-state index contributed by atoms with van der Waals surface area (Å²) < 4.78 is 0. The summed E-state index contributed by atoms with van der Waals surface area (Å²) in [4.78, 5) is 27.4. The van der Waals surface area contributed by atoms with Crippen LogP contribution in [0.5, 0.6) is 0 Å². The van der Waals surface area contributed by atoms with Gasteiger partial charge in [0.25, 0.3) is 5.91 Å². The lowest BCUT2D eigenvalue weighted by Crippen LogP contribution is -2.44. The van der Waals surface area contributed by atoms with Crippen molar-refractivity contribution in [1.29, 1.82) is 0 Å². The summed E-state index contributed by atoms with van der Waals surface area (Å²) in [5.74, 6) is -1.07. The average molecular weight is 262 g/mol. The van der Waals surface area contributed by atoms with Gasteiger partial charge in [-0.1, -0.05) is 13.8 Å². The highest BCUT2D eigenvalue weighted by Crippen LogP contribution is 2.38. The van der Waals surface area contributed by atoms with E-state index in [0.717, 1.165) is 18.5 Å². The van der Waals surface area contributed by atoms with Gasteiger partial charge in [0, 0.05) is 23.4 Å². The molecule has 0 aromatic carbocycles. The van der Waals surface area contributed by atoms with Gasteiger partial charge >= 0.3 is 5.97 Å². The van der Waals surface area contributed by atoms with Crippen molar-refractivity contribution in [3.8, 4) is 0 Å². The first kappa shape index (κ1) is 13.5. The molecule has 1 atom stereocenters. The zero-order chi connectivity index (χ0) is 14.0. The van der Waals surface area contributed by atoms with Crippen LogP contribution < -0.4 is 5.32 Å². The van der Waals surface area contributed by atoms with Crippen LogP contribution in [-0.4, -0.2) is 28.0 Å². The van der Waals surface area contributed by atoms with Gasteiger partial charge in [-0.3, -0.25) is 9.78 Å². The van der Waals surface area contributed by atoms with Crippen molar-refractivity contribution in [2.75, 3.05) is 0 Å².